The van der Waals surface area contributed by atoms with E-state index in [1.54, 1.807) is 43.3 Å². The molecule has 0 radical (unpaired) electrons. The molecular formula is C17H18FN3O3. The highest BCUT2D eigenvalue weighted by Gasteiger charge is 2.14. The van der Waals surface area contributed by atoms with Crippen LogP contribution in [-0.4, -0.2) is 24.5 Å². The molecule has 126 valence electrons. The van der Waals surface area contributed by atoms with Crippen molar-refractivity contribution < 1.29 is 18.7 Å². The Kier molecular flexibility index (Phi) is 5.73. The lowest BCUT2D eigenvalue weighted by Crippen LogP contribution is -2.32. The number of rotatable bonds is 7. The highest BCUT2D eigenvalue weighted by molar-refractivity contribution is 5.96. The predicted molar refractivity (Wildman–Crippen MR) is 89.2 cm³/mol. The van der Waals surface area contributed by atoms with E-state index >= 15 is 0 Å². The van der Waals surface area contributed by atoms with Crippen LogP contribution in [0.1, 0.15) is 6.92 Å². The van der Waals surface area contributed by atoms with Crippen molar-refractivity contribution >= 4 is 23.2 Å². The van der Waals surface area contributed by atoms with Gasteiger partial charge in [0.1, 0.15) is 17.6 Å². The molecule has 2 rings (SSSR count). The fraction of sp³-hybridized carbons (Fsp3) is 0.176. The Morgan fingerprint density at radius 3 is 2.67 bits per heavy atom. The molecule has 6 nitrogen and oxygen atoms in total. The topological polar surface area (TPSA) is 93.4 Å². The fourth-order valence-corrected chi connectivity index (χ4v) is 1.95. The van der Waals surface area contributed by atoms with Crippen LogP contribution in [0.4, 0.5) is 15.8 Å². The van der Waals surface area contributed by atoms with Crippen LogP contribution in [0.15, 0.2) is 48.5 Å². The Labute approximate surface area is 138 Å². The molecule has 0 spiro atoms. The van der Waals surface area contributed by atoms with Crippen molar-refractivity contribution in [2.75, 3.05) is 17.2 Å². The molecule has 2 amide bonds. The number of benzene rings is 2. The number of nitrogens with two attached hydrogens (primary N) is 1. The average Bonchev–Trinajstić information content (AvgIpc) is 2.55. The molecule has 1 unspecified atom stereocenters. The summed E-state index contributed by atoms with van der Waals surface area (Å²) in [5, 5.41) is 5.49. The van der Waals surface area contributed by atoms with Gasteiger partial charge in [0, 0.05) is 11.8 Å². The summed E-state index contributed by atoms with van der Waals surface area (Å²) in [6.45, 7) is 1.42. The molecule has 0 heterocycles. The second kappa shape index (κ2) is 7.96. The first-order chi connectivity index (χ1) is 11.5. The summed E-state index contributed by atoms with van der Waals surface area (Å²) in [5.41, 5.74) is 5.76. The minimum Gasteiger partial charge on any atom is -0.484 e. The van der Waals surface area contributed by atoms with E-state index in [-0.39, 0.29) is 18.2 Å². The predicted octanol–water partition coefficient (Wildman–Crippen LogP) is 2.13. The second-order valence-corrected chi connectivity index (χ2v) is 5.12. The fourth-order valence-electron chi connectivity index (χ4n) is 1.95. The van der Waals surface area contributed by atoms with Gasteiger partial charge < -0.3 is 21.1 Å². The van der Waals surface area contributed by atoms with E-state index in [1.807, 2.05) is 0 Å². The Bertz CT molecular complexity index is 737. The number of carbonyl (C=O) groups is 2. The zero-order valence-electron chi connectivity index (χ0n) is 13.1. The largest absolute Gasteiger partial charge is 0.484 e. The molecule has 24 heavy (non-hydrogen) atoms. The van der Waals surface area contributed by atoms with E-state index in [0.717, 1.165) is 0 Å². The molecule has 0 aromatic heterocycles. The molecule has 0 aliphatic rings. The number of halogens is 1. The summed E-state index contributed by atoms with van der Waals surface area (Å²) < 4.78 is 18.8. The smallest absolute Gasteiger partial charge is 0.255 e. The highest BCUT2D eigenvalue weighted by atomic mass is 19.1. The third-order valence-electron chi connectivity index (χ3n) is 3.12. The van der Waals surface area contributed by atoms with Gasteiger partial charge in [0.15, 0.2) is 6.61 Å². The van der Waals surface area contributed by atoms with E-state index in [0.29, 0.717) is 11.4 Å². The van der Waals surface area contributed by atoms with Gasteiger partial charge in [0.25, 0.3) is 5.91 Å². The van der Waals surface area contributed by atoms with Gasteiger partial charge in [0.2, 0.25) is 5.91 Å². The zero-order valence-corrected chi connectivity index (χ0v) is 13.1. The van der Waals surface area contributed by atoms with E-state index in [9.17, 15) is 14.0 Å². The summed E-state index contributed by atoms with van der Waals surface area (Å²) in [4.78, 5) is 22.9. The number of hydrogen-bond donors (Lipinski definition) is 3. The van der Waals surface area contributed by atoms with E-state index in [2.05, 4.69) is 10.6 Å². The minimum absolute atomic E-state index is 0.120. The van der Waals surface area contributed by atoms with Crippen LogP contribution in [0.5, 0.6) is 5.75 Å². The Hall–Kier alpha value is -3.09. The third-order valence-corrected chi connectivity index (χ3v) is 3.12. The molecule has 7 heteroatoms. The number of nitrogens with one attached hydrogen (secondary N) is 2. The minimum atomic E-state index is -0.615. The molecule has 4 N–H and O–H groups in total. The van der Waals surface area contributed by atoms with Crippen molar-refractivity contribution in [2.45, 2.75) is 13.0 Å². The SMILES string of the molecule is CC(Nc1cccc(OCC(N)=O)c1)C(=O)Nc1ccccc1F. The summed E-state index contributed by atoms with van der Waals surface area (Å²) in [5.74, 6) is -1.02. The van der Waals surface area contributed by atoms with Gasteiger partial charge in [-0.2, -0.15) is 0 Å². The van der Waals surface area contributed by atoms with E-state index in [1.165, 1.54) is 12.1 Å². The monoisotopic (exact) mass is 331 g/mol. The average molecular weight is 331 g/mol. The molecule has 0 aliphatic carbocycles. The number of para-hydroxylation sites is 1. The molecule has 1 atom stereocenters. The Balaban J connectivity index is 1.97. The number of amides is 2. The van der Waals surface area contributed by atoms with Crippen LogP contribution in [0.2, 0.25) is 0 Å². The van der Waals surface area contributed by atoms with Crippen LogP contribution < -0.4 is 21.1 Å². The second-order valence-electron chi connectivity index (χ2n) is 5.12. The maximum atomic E-state index is 13.6. The highest BCUT2D eigenvalue weighted by Crippen LogP contribution is 2.19. The van der Waals surface area contributed by atoms with E-state index < -0.39 is 17.8 Å². The van der Waals surface area contributed by atoms with Gasteiger partial charge in [-0.05, 0) is 31.2 Å². The lowest BCUT2D eigenvalue weighted by Gasteiger charge is -2.16. The first-order valence-corrected chi connectivity index (χ1v) is 7.29. The van der Waals surface area contributed by atoms with Crippen molar-refractivity contribution in [1.29, 1.82) is 0 Å². The van der Waals surface area contributed by atoms with Gasteiger partial charge in [-0.3, -0.25) is 9.59 Å². The van der Waals surface area contributed by atoms with Crippen LogP contribution in [-0.2, 0) is 9.59 Å². The van der Waals surface area contributed by atoms with Gasteiger partial charge >= 0.3 is 0 Å². The summed E-state index contributed by atoms with van der Waals surface area (Å²) in [7, 11) is 0. The first kappa shape index (κ1) is 17.3. The first-order valence-electron chi connectivity index (χ1n) is 7.29. The molecule has 0 fully saturated rings. The lowest BCUT2D eigenvalue weighted by atomic mass is 10.2. The number of carbonyl (C=O) groups excluding carboxylic acids is 2. The van der Waals surface area contributed by atoms with Crippen LogP contribution in [0.25, 0.3) is 0 Å². The van der Waals surface area contributed by atoms with E-state index in [4.69, 9.17) is 10.5 Å². The van der Waals surface area contributed by atoms with Crippen molar-refractivity contribution in [3.63, 3.8) is 0 Å². The molecule has 0 aliphatic heterocycles. The number of anilines is 2. The van der Waals surface area contributed by atoms with Crippen LogP contribution in [0, 0.1) is 5.82 Å². The third kappa shape index (κ3) is 4.98. The number of hydrogen-bond acceptors (Lipinski definition) is 4. The summed E-state index contributed by atoms with van der Waals surface area (Å²) in [6, 6.07) is 12.1. The quantitative estimate of drug-likeness (QED) is 0.724. The van der Waals surface area contributed by atoms with Crippen LogP contribution in [0.3, 0.4) is 0 Å². The maximum Gasteiger partial charge on any atom is 0.255 e. The van der Waals surface area contributed by atoms with Gasteiger partial charge in [0.05, 0.1) is 5.69 Å². The Morgan fingerprint density at radius 1 is 1.21 bits per heavy atom. The lowest BCUT2D eigenvalue weighted by molar-refractivity contribution is -0.120. The molecule has 0 bridgehead atoms. The molecule has 0 saturated heterocycles. The van der Waals surface area contributed by atoms with Crippen molar-refractivity contribution in [2.24, 2.45) is 5.73 Å². The summed E-state index contributed by atoms with van der Waals surface area (Å²) >= 11 is 0. The molecule has 2 aromatic rings. The molecule has 0 saturated carbocycles. The van der Waals surface area contributed by atoms with Gasteiger partial charge in [-0.1, -0.05) is 18.2 Å². The Morgan fingerprint density at radius 2 is 1.96 bits per heavy atom. The van der Waals surface area contributed by atoms with Gasteiger partial charge in [-0.15, -0.1) is 0 Å². The van der Waals surface area contributed by atoms with Crippen molar-refractivity contribution in [3.05, 3.63) is 54.3 Å². The number of ether oxygens (including phenoxy) is 1. The standard InChI is InChI=1S/C17H18FN3O3/c1-11(17(23)21-15-8-3-2-7-14(15)18)20-12-5-4-6-13(9-12)24-10-16(19)22/h2-9,11,20H,10H2,1H3,(H2,19,22)(H,21,23). The maximum absolute atomic E-state index is 13.6. The zero-order chi connectivity index (χ0) is 17.5. The van der Waals surface area contributed by atoms with Gasteiger partial charge in [-0.25, -0.2) is 4.39 Å². The molecular weight excluding hydrogens is 313 g/mol. The normalized spacial score (nSPS) is 11.4. The van der Waals surface area contributed by atoms with Crippen LogP contribution >= 0.6 is 0 Å². The molecule has 2 aromatic carbocycles. The van der Waals surface area contributed by atoms with Crippen molar-refractivity contribution in [1.82, 2.24) is 0 Å². The summed E-state index contributed by atoms with van der Waals surface area (Å²) in [6.07, 6.45) is 0. The van der Waals surface area contributed by atoms with Crippen molar-refractivity contribution in [3.8, 4) is 5.75 Å². The number of primary amides is 1.